The van der Waals surface area contributed by atoms with Crippen LogP contribution in [0, 0.1) is 0 Å². The number of hydrogen-bond donors (Lipinski definition) is 2. The van der Waals surface area contributed by atoms with Crippen LogP contribution in [0.4, 0.5) is 16.2 Å². The second-order valence-corrected chi connectivity index (χ2v) is 6.09. The van der Waals surface area contributed by atoms with Crippen LogP contribution < -0.4 is 10.6 Å². The SMILES string of the molecule is C[C@@H]1CN(C(=O)Nc2ccc(NC(=O)c3ccco3)c(Cl)c2)CCO1. The number of carbonyl (C=O) groups is 2. The van der Waals surface area contributed by atoms with E-state index in [0.717, 1.165) is 0 Å². The maximum Gasteiger partial charge on any atom is 0.322 e. The van der Waals surface area contributed by atoms with Gasteiger partial charge < -0.3 is 24.7 Å². The van der Waals surface area contributed by atoms with Crippen LogP contribution >= 0.6 is 11.6 Å². The lowest BCUT2D eigenvalue weighted by Gasteiger charge is -2.31. The molecule has 2 N–H and O–H groups in total. The smallest absolute Gasteiger partial charge is 0.322 e. The first kappa shape index (κ1) is 17.3. The van der Waals surface area contributed by atoms with E-state index >= 15 is 0 Å². The number of nitrogens with zero attached hydrogens (tertiary/aromatic N) is 1. The lowest BCUT2D eigenvalue weighted by atomic mass is 10.2. The summed E-state index contributed by atoms with van der Waals surface area (Å²) in [6.07, 6.45) is 1.43. The lowest BCUT2D eigenvalue weighted by Crippen LogP contribution is -2.46. The van der Waals surface area contributed by atoms with Gasteiger partial charge in [-0.25, -0.2) is 4.79 Å². The molecule has 0 aliphatic carbocycles. The van der Waals surface area contributed by atoms with Crippen LogP contribution in [0.1, 0.15) is 17.5 Å². The van der Waals surface area contributed by atoms with E-state index < -0.39 is 5.91 Å². The van der Waals surface area contributed by atoms with E-state index in [4.69, 9.17) is 20.8 Å². The normalized spacial score (nSPS) is 17.2. The molecule has 0 bridgehead atoms. The second kappa shape index (κ2) is 7.58. The molecule has 3 amide bonds. The van der Waals surface area contributed by atoms with Crippen molar-refractivity contribution in [3.05, 3.63) is 47.4 Å². The van der Waals surface area contributed by atoms with Gasteiger partial charge in [0, 0.05) is 18.8 Å². The molecule has 0 radical (unpaired) electrons. The molecule has 1 saturated heterocycles. The first-order chi connectivity index (χ1) is 12.0. The van der Waals surface area contributed by atoms with Crippen LogP contribution in [-0.4, -0.2) is 42.6 Å². The Morgan fingerprint density at radius 3 is 2.80 bits per heavy atom. The number of carbonyl (C=O) groups excluding carboxylic acids is 2. The molecule has 0 spiro atoms. The summed E-state index contributed by atoms with van der Waals surface area (Å²) in [5.74, 6) is -0.208. The molecule has 25 heavy (non-hydrogen) atoms. The molecule has 1 fully saturated rings. The van der Waals surface area contributed by atoms with Crippen molar-refractivity contribution in [2.24, 2.45) is 0 Å². The molecule has 8 heteroatoms. The number of rotatable bonds is 3. The number of nitrogens with one attached hydrogen (secondary N) is 2. The first-order valence-corrected chi connectivity index (χ1v) is 8.22. The quantitative estimate of drug-likeness (QED) is 0.875. The molecule has 0 unspecified atom stereocenters. The fourth-order valence-corrected chi connectivity index (χ4v) is 2.72. The molecule has 1 aromatic heterocycles. The molecule has 0 saturated carbocycles. The van der Waals surface area contributed by atoms with E-state index in [1.54, 1.807) is 35.2 Å². The average Bonchev–Trinajstić information content (AvgIpc) is 3.12. The van der Waals surface area contributed by atoms with Gasteiger partial charge in [0.15, 0.2) is 5.76 Å². The Morgan fingerprint density at radius 1 is 1.28 bits per heavy atom. The third kappa shape index (κ3) is 4.32. The number of hydrogen-bond acceptors (Lipinski definition) is 4. The molecular weight excluding hydrogens is 346 g/mol. The highest BCUT2D eigenvalue weighted by molar-refractivity contribution is 6.34. The fourth-order valence-electron chi connectivity index (χ4n) is 2.49. The molecule has 2 aromatic rings. The number of anilines is 2. The number of amides is 3. The van der Waals surface area contributed by atoms with Gasteiger partial charge in [0.05, 0.1) is 29.7 Å². The molecule has 3 rings (SSSR count). The molecule has 1 atom stereocenters. The summed E-state index contributed by atoms with van der Waals surface area (Å²) in [6.45, 7) is 3.53. The minimum Gasteiger partial charge on any atom is -0.459 e. The largest absolute Gasteiger partial charge is 0.459 e. The van der Waals surface area contributed by atoms with Crippen molar-refractivity contribution in [2.45, 2.75) is 13.0 Å². The van der Waals surface area contributed by atoms with Crippen molar-refractivity contribution in [3.8, 4) is 0 Å². The summed E-state index contributed by atoms with van der Waals surface area (Å²) in [4.78, 5) is 25.9. The highest BCUT2D eigenvalue weighted by atomic mass is 35.5. The van der Waals surface area contributed by atoms with Crippen molar-refractivity contribution in [1.82, 2.24) is 4.90 Å². The average molecular weight is 364 g/mol. The topological polar surface area (TPSA) is 83.8 Å². The summed E-state index contributed by atoms with van der Waals surface area (Å²) in [7, 11) is 0. The third-order valence-electron chi connectivity index (χ3n) is 3.74. The van der Waals surface area contributed by atoms with Crippen molar-refractivity contribution >= 4 is 34.9 Å². The van der Waals surface area contributed by atoms with E-state index in [1.807, 2.05) is 6.92 Å². The van der Waals surface area contributed by atoms with Crippen LogP contribution in [0.3, 0.4) is 0 Å². The molecular formula is C17H18ClN3O4. The summed E-state index contributed by atoms with van der Waals surface area (Å²) < 4.78 is 10.5. The number of halogens is 1. The Kier molecular flexibility index (Phi) is 5.25. The molecule has 1 aliphatic heterocycles. The first-order valence-electron chi connectivity index (χ1n) is 7.85. The van der Waals surface area contributed by atoms with Crippen molar-refractivity contribution in [1.29, 1.82) is 0 Å². The van der Waals surface area contributed by atoms with Crippen LogP contribution in [-0.2, 0) is 4.74 Å². The summed E-state index contributed by atoms with van der Waals surface area (Å²) >= 11 is 6.20. The van der Waals surface area contributed by atoms with Crippen molar-refractivity contribution in [2.75, 3.05) is 30.3 Å². The van der Waals surface area contributed by atoms with Gasteiger partial charge in [-0.05, 0) is 37.3 Å². The molecule has 1 aromatic carbocycles. The monoisotopic (exact) mass is 363 g/mol. The van der Waals surface area contributed by atoms with Crippen molar-refractivity contribution in [3.63, 3.8) is 0 Å². The minimum atomic E-state index is -0.397. The minimum absolute atomic E-state index is 0.0160. The van der Waals surface area contributed by atoms with Gasteiger partial charge in [0.2, 0.25) is 0 Å². The maximum atomic E-state index is 12.3. The molecule has 1 aliphatic rings. The van der Waals surface area contributed by atoms with Gasteiger partial charge in [0.25, 0.3) is 5.91 Å². The molecule has 132 valence electrons. The number of benzene rings is 1. The van der Waals surface area contributed by atoms with E-state index in [1.165, 1.54) is 6.26 Å². The highest BCUT2D eigenvalue weighted by Crippen LogP contribution is 2.26. The Labute approximate surface area is 149 Å². The van der Waals surface area contributed by atoms with Crippen LogP contribution in [0.15, 0.2) is 41.0 Å². The summed E-state index contributed by atoms with van der Waals surface area (Å²) in [6, 6.07) is 7.86. The predicted molar refractivity (Wildman–Crippen MR) is 94.1 cm³/mol. The van der Waals surface area contributed by atoms with Crippen LogP contribution in [0.5, 0.6) is 0 Å². The zero-order valence-electron chi connectivity index (χ0n) is 13.6. The number of ether oxygens (including phenoxy) is 1. The Balaban J connectivity index is 1.63. The number of furan rings is 1. The Bertz CT molecular complexity index is 763. The highest BCUT2D eigenvalue weighted by Gasteiger charge is 2.21. The van der Waals surface area contributed by atoms with Gasteiger partial charge in [-0.3, -0.25) is 4.79 Å². The van der Waals surface area contributed by atoms with Gasteiger partial charge in [0.1, 0.15) is 0 Å². The van der Waals surface area contributed by atoms with Gasteiger partial charge in [-0.15, -0.1) is 0 Å². The van der Waals surface area contributed by atoms with Gasteiger partial charge in [-0.1, -0.05) is 11.6 Å². The van der Waals surface area contributed by atoms with Crippen LogP contribution in [0.25, 0.3) is 0 Å². The fraction of sp³-hybridized carbons (Fsp3) is 0.294. The zero-order chi connectivity index (χ0) is 17.8. The third-order valence-corrected chi connectivity index (χ3v) is 4.05. The Morgan fingerprint density at radius 2 is 2.12 bits per heavy atom. The summed E-state index contributed by atoms with van der Waals surface area (Å²) in [5.41, 5.74) is 0.978. The standard InChI is InChI=1S/C17H18ClN3O4/c1-11-10-21(6-8-24-11)17(23)19-12-4-5-14(13(18)9-12)20-16(22)15-3-2-7-25-15/h2-5,7,9,11H,6,8,10H2,1H3,(H,19,23)(H,20,22)/t11-/m1/s1. The Hall–Kier alpha value is -2.51. The van der Waals surface area contributed by atoms with Gasteiger partial charge in [-0.2, -0.15) is 0 Å². The number of urea groups is 1. The number of morpholine rings is 1. The van der Waals surface area contributed by atoms with Crippen LogP contribution in [0.2, 0.25) is 5.02 Å². The van der Waals surface area contributed by atoms with E-state index in [2.05, 4.69) is 10.6 Å². The van der Waals surface area contributed by atoms with Gasteiger partial charge >= 0.3 is 6.03 Å². The zero-order valence-corrected chi connectivity index (χ0v) is 14.4. The maximum absolute atomic E-state index is 12.3. The second-order valence-electron chi connectivity index (χ2n) is 5.68. The van der Waals surface area contributed by atoms with E-state index in [-0.39, 0.29) is 17.9 Å². The predicted octanol–water partition coefficient (Wildman–Crippen LogP) is 3.44. The molecule has 2 heterocycles. The van der Waals surface area contributed by atoms with E-state index in [0.29, 0.717) is 36.1 Å². The summed E-state index contributed by atoms with van der Waals surface area (Å²) in [5, 5.41) is 5.77. The lowest BCUT2D eigenvalue weighted by molar-refractivity contribution is -0.00138. The molecule has 7 nitrogen and oxygen atoms in total. The van der Waals surface area contributed by atoms with Crippen molar-refractivity contribution < 1.29 is 18.7 Å². The van der Waals surface area contributed by atoms with E-state index in [9.17, 15) is 9.59 Å².